The molecule has 0 N–H and O–H groups in total. The summed E-state index contributed by atoms with van der Waals surface area (Å²) in [7, 11) is 3.85. The van der Waals surface area contributed by atoms with Gasteiger partial charge in [-0.05, 0) is 60.6 Å². The molecule has 0 bridgehead atoms. The highest BCUT2D eigenvalue weighted by atomic mass is 79.9. The Morgan fingerprint density at radius 3 is 2.89 bits per heavy atom. The van der Waals surface area contributed by atoms with Crippen molar-refractivity contribution in [2.45, 2.75) is 18.9 Å². The summed E-state index contributed by atoms with van der Waals surface area (Å²) >= 11 is 3.09. The van der Waals surface area contributed by atoms with Crippen LogP contribution in [0.2, 0.25) is 0 Å². The lowest BCUT2D eigenvalue weighted by Crippen LogP contribution is -2.39. The van der Waals surface area contributed by atoms with E-state index in [1.807, 2.05) is 0 Å². The van der Waals surface area contributed by atoms with Crippen LogP contribution in [0.25, 0.3) is 0 Å². The number of carbonyl (C=O) groups is 1. The maximum atomic E-state index is 13.4. The summed E-state index contributed by atoms with van der Waals surface area (Å²) in [4.78, 5) is 16.2. The van der Waals surface area contributed by atoms with E-state index >= 15 is 0 Å². The van der Waals surface area contributed by atoms with Crippen molar-refractivity contribution < 1.29 is 9.18 Å². The van der Waals surface area contributed by atoms with Gasteiger partial charge in [0, 0.05) is 25.2 Å². The average Bonchev–Trinajstić information content (AvgIpc) is 2.77. The van der Waals surface area contributed by atoms with E-state index in [2.05, 4.69) is 27.9 Å². The van der Waals surface area contributed by atoms with Crippen LogP contribution < -0.4 is 0 Å². The fraction of sp³-hybridized carbons (Fsp3) is 0.500. The molecule has 1 unspecified atom stereocenters. The minimum atomic E-state index is -0.405. The molecule has 1 saturated heterocycles. The summed E-state index contributed by atoms with van der Waals surface area (Å²) in [5.41, 5.74) is 0.392. The fourth-order valence-corrected chi connectivity index (χ4v) is 2.71. The second-order valence-electron chi connectivity index (χ2n) is 5.09. The van der Waals surface area contributed by atoms with Crippen LogP contribution in [0.3, 0.4) is 0 Å². The molecule has 0 aliphatic carbocycles. The number of hydrogen-bond donors (Lipinski definition) is 0. The van der Waals surface area contributed by atoms with Crippen LogP contribution in [0.1, 0.15) is 23.2 Å². The summed E-state index contributed by atoms with van der Waals surface area (Å²) in [6.45, 7) is 1.77. The molecule has 5 heteroatoms. The van der Waals surface area contributed by atoms with Crippen LogP contribution in [0, 0.1) is 5.82 Å². The van der Waals surface area contributed by atoms with Gasteiger partial charge in [-0.1, -0.05) is 0 Å². The maximum Gasteiger partial charge on any atom is 0.253 e. The molecule has 0 radical (unpaired) electrons. The Morgan fingerprint density at radius 2 is 2.32 bits per heavy atom. The Labute approximate surface area is 121 Å². The van der Waals surface area contributed by atoms with E-state index < -0.39 is 5.82 Å². The van der Waals surface area contributed by atoms with Crippen molar-refractivity contribution in [2.75, 3.05) is 27.2 Å². The highest BCUT2D eigenvalue weighted by Crippen LogP contribution is 2.19. The molecular weight excluding hydrogens is 311 g/mol. The fourth-order valence-electron chi connectivity index (χ4n) is 2.46. The summed E-state index contributed by atoms with van der Waals surface area (Å²) in [5, 5.41) is 0. The lowest BCUT2D eigenvalue weighted by Gasteiger charge is -2.26. The molecule has 1 aliphatic rings. The van der Waals surface area contributed by atoms with E-state index in [0.717, 1.165) is 13.0 Å². The van der Waals surface area contributed by atoms with E-state index in [-0.39, 0.29) is 5.91 Å². The van der Waals surface area contributed by atoms with Crippen molar-refractivity contribution in [3.8, 4) is 0 Å². The number of likely N-dealkylation sites (N-methyl/N-ethyl adjacent to an activating group) is 2. The molecule has 0 saturated carbocycles. The smallest absolute Gasteiger partial charge is 0.253 e. The highest BCUT2D eigenvalue weighted by molar-refractivity contribution is 9.10. The van der Waals surface area contributed by atoms with Crippen molar-refractivity contribution in [3.05, 3.63) is 34.1 Å². The van der Waals surface area contributed by atoms with Gasteiger partial charge >= 0.3 is 0 Å². The third kappa shape index (κ3) is 3.34. The first-order chi connectivity index (χ1) is 8.99. The Bertz CT molecular complexity index is 481. The van der Waals surface area contributed by atoms with Gasteiger partial charge < -0.3 is 9.80 Å². The number of rotatable bonds is 3. The molecular formula is C14H18BrFN2O. The molecule has 1 aromatic rings. The van der Waals surface area contributed by atoms with Crippen LogP contribution in [0.4, 0.5) is 4.39 Å². The standard InChI is InChI=1S/C14H18BrFN2O/c1-17-7-3-4-11(17)9-18(2)14(19)10-5-6-12(15)13(16)8-10/h5-6,8,11H,3-4,7,9H2,1-2H3. The summed E-state index contributed by atoms with van der Waals surface area (Å²) in [6, 6.07) is 4.90. The van der Waals surface area contributed by atoms with E-state index in [4.69, 9.17) is 0 Å². The van der Waals surface area contributed by atoms with Gasteiger partial charge in [-0.25, -0.2) is 4.39 Å². The first-order valence-corrected chi connectivity index (χ1v) is 7.19. The van der Waals surface area contributed by atoms with Crippen LogP contribution in [0.5, 0.6) is 0 Å². The van der Waals surface area contributed by atoms with Crippen LogP contribution in [-0.4, -0.2) is 48.9 Å². The van der Waals surface area contributed by atoms with Crippen molar-refractivity contribution in [1.82, 2.24) is 9.80 Å². The summed E-state index contributed by atoms with van der Waals surface area (Å²) in [5.74, 6) is -0.538. The largest absolute Gasteiger partial charge is 0.340 e. The molecule has 0 spiro atoms. The van der Waals surface area contributed by atoms with Crippen molar-refractivity contribution in [2.24, 2.45) is 0 Å². The number of benzene rings is 1. The number of amides is 1. The molecule has 1 aliphatic heterocycles. The zero-order valence-corrected chi connectivity index (χ0v) is 12.8. The van der Waals surface area contributed by atoms with Crippen molar-refractivity contribution >= 4 is 21.8 Å². The van der Waals surface area contributed by atoms with E-state index in [9.17, 15) is 9.18 Å². The normalized spacial score (nSPS) is 19.7. The van der Waals surface area contributed by atoms with Gasteiger partial charge in [-0.3, -0.25) is 4.79 Å². The Hall–Kier alpha value is -0.940. The summed E-state index contributed by atoms with van der Waals surface area (Å²) in [6.07, 6.45) is 2.29. The zero-order chi connectivity index (χ0) is 14.0. The number of likely N-dealkylation sites (tertiary alicyclic amines) is 1. The van der Waals surface area contributed by atoms with Crippen LogP contribution in [0.15, 0.2) is 22.7 Å². The van der Waals surface area contributed by atoms with Crippen LogP contribution >= 0.6 is 15.9 Å². The molecule has 0 aromatic heterocycles. The van der Waals surface area contributed by atoms with E-state index in [1.54, 1.807) is 24.1 Å². The number of carbonyl (C=O) groups excluding carboxylic acids is 1. The molecule has 1 aromatic carbocycles. The molecule has 1 heterocycles. The Kier molecular flexibility index (Phi) is 4.58. The van der Waals surface area contributed by atoms with Gasteiger partial charge in [0.15, 0.2) is 0 Å². The van der Waals surface area contributed by atoms with Crippen LogP contribution in [-0.2, 0) is 0 Å². The minimum absolute atomic E-state index is 0.133. The predicted molar refractivity (Wildman–Crippen MR) is 76.7 cm³/mol. The lowest BCUT2D eigenvalue weighted by molar-refractivity contribution is 0.0761. The second kappa shape index (κ2) is 6.01. The number of halogens is 2. The monoisotopic (exact) mass is 328 g/mol. The summed E-state index contributed by atoms with van der Waals surface area (Å²) < 4.78 is 13.8. The molecule has 104 valence electrons. The first-order valence-electron chi connectivity index (χ1n) is 6.40. The third-order valence-electron chi connectivity index (χ3n) is 3.67. The molecule has 2 rings (SSSR count). The topological polar surface area (TPSA) is 23.6 Å². The third-order valence-corrected chi connectivity index (χ3v) is 4.31. The van der Waals surface area contributed by atoms with E-state index in [1.165, 1.54) is 12.5 Å². The molecule has 3 nitrogen and oxygen atoms in total. The minimum Gasteiger partial charge on any atom is -0.340 e. The predicted octanol–water partition coefficient (Wildman–Crippen LogP) is 2.75. The quantitative estimate of drug-likeness (QED) is 0.851. The maximum absolute atomic E-state index is 13.4. The van der Waals surface area contributed by atoms with Crippen molar-refractivity contribution in [3.63, 3.8) is 0 Å². The highest BCUT2D eigenvalue weighted by Gasteiger charge is 2.24. The number of hydrogen-bond acceptors (Lipinski definition) is 2. The molecule has 19 heavy (non-hydrogen) atoms. The van der Waals surface area contributed by atoms with Gasteiger partial charge in [0.2, 0.25) is 0 Å². The van der Waals surface area contributed by atoms with Gasteiger partial charge in [-0.2, -0.15) is 0 Å². The number of nitrogens with zero attached hydrogens (tertiary/aromatic N) is 2. The van der Waals surface area contributed by atoms with Gasteiger partial charge in [-0.15, -0.1) is 0 Å². The van der Waals surface area contributed by atoms with Crippen molar-refractivity contribution in [1.29, 1.82) is 0 Å². The molecule has 1 atom stereocenters. The first kappa shape index (κ1) is 14.5. The SMILES string of the molecule is CN(CC1CCCN1C)C(=O)c1ccc(Br)c(F)c1. The lowest BCUT2D eigenvalue weighted by atomic mass is 10.1. The Morgan fingerprint density at radius 1 is 1.58 bits per heavy atom. The van der Waals surface area contributed by atoms with E-state index in [0.29, 0.717) is 22.6 Å². The zero-order valence-electron chi connectivity index (χ0n) is 11.2. The van der Waals surface area contributed by atoms with Gasteiger partial charge in [0.25, 0.3) is 5.91 Å². The molecule has 1 amide bonds. The van der Waals surface area contributed by atoms with Gasteiger partial charge in [0.1, 0.15) is 5.82 Å². The average molecular weight is 329 g/mol. The molecule has 1 fully saturated rings. The second-order valence-corrected chi connectivity index (χ2v) is 5.95. The van der Waals surface area contributed by atoms with Gasteiger partial charge in [0.05, 0.1) is 4.47 Å². The Balaban J connectivity index is 2.03.